The Labute approximate surface area is 145 Å². The van der Waals surface area contributed by atoms with E-state index in [9.17, 15) is 0 Å². The molecule has 140 valence electrons. The molecule has 3 nitrogen and oxygen atoms in total. The predicted molar refractivity (Wildman–Crippen MR) is 99.1 cm³/mol. The van der Waals surface area contributed by atoms with Crippen molar-refractivity contribution < 1.29 is 14.2 Å². The third kappa shape index (κ3) is 21.9. The highest BCUT2D eigenvalue weighted by Gasteiger charge is 1.96. The van der Waals surface area contributed by atoms with Gasteiger partial charge in [-0.15, -0.1) is 0 Å². The van der Waals surface area contributed by atoms with Gasteiger partial charge in [0.2, 0.25) is 0 Å². The van der Waals surface area contributed by atoms with Gasteiger partial charge in [0, 0.05) is 13.2 Å². The lowest BCUT2D eigenvalue weighted by Crippen LogP contribution is -2.10. The van der Waals surface area contributed by atoms with Crippen LogP contribution in [-0.2, 0) is 14.2 Å². The average Bonchev–Trinajstić information content (AvgIpc) is 2.49. The Balaban J connectivity index is 2.97. The minimum Gasteiger partial charge on any atom is -0.379 e. The van der Waals surface area contributed by atoms with Crippen molar-refractivity contribution in [2.45, 2.75) is 79.1 Å². The fraction of sp³-hybridized carbons (Fsp3) is 1.00. The van der Waals surface area contributed by atoms with Gasteiger partial charge in [0.1, 0.15) is 0 Å². The van der Waals surface area contributed by atoms with E-state index >= 15 is 0 Å². The molecule has 3 heteroatoms. The van der Waals surface area contributed by atoms with E-state index in [0.29, 0.717) is 26.4 Å². The van der Waals surface area contributed by atoms with Crippen LogP contribution in [0.1, 0.15) is 79.1 Å². The highest BCUT2D eigenvalue weighted by molar-refractivity contribution is 4.48. The van der Waals surface area contributed by atoms with E-state index in [-0.39, 0.29) is 0 Å². The molecule has 0 bridgehead atoms. The van der Waals surface area contributed by atoms with Crippen LogP contribution < -0.4 is 0 Å². The molecule has 0 atom stereocenters. The monoisotopic (exact) mass is 330 g/mol. The molecule has 0 aliphatic carbocycles. The molecule has 0 N–H and O–H groups in total. The molecule has 0 heterocycles. The Hall–Kier alpha value is -0.120. The zero-order valence-electron chi connectivity index (χ0n) is 16.3. The molecule has 0 aromatic heterocycles. The first-order valence-corrected chi connectivity index (χ1v) is 9.86. The van der Waals surface area contributed by atoms with Crippen molar-refractivity contribution in [2.24, 2.45) is 11.8 Å². The normalized spacial score (nSPS) is 11.7. The summed E-state index contributed by atoms with van der Waals surface area (Å²) in [6.45, 7) is 13.6. The number of hydrogen-bond donors (Lipinski definition) is 0. The molecule has 0 radical (unpaired) electrons. The summed E-state index contributed by atoms with van der Waals surface area (Å²) >= 11 is 0. The SMILES string of the molecule is CC(C)CCCCCCOCCOCCOCCCCC(C)C. The molecule has 0 amide bonds. The number of hydrogen-bond acceptors (Lipinski definition) is 3. The standard InChI is InChI=1S/C20H42O3/c1-19(2)11-7-5-6-9-13-21-15-17-23-18-16-22-14-10-8-12-20(3)4/h19-20H,5-18H2,1-4H3. The highest BCUT2D eigenvalue weighted by atomic mass is 16.5. The van der Waals surface area contributed by atoms with Crippen molar-refractivity contribution in [3.63, 3.8) is 0 Å². The summed E-state index contributed by atoms with van der Waals surface area (Å²) in [7, 11) is 0. The Morgan fingerprint density at radius 2 is 0.783 bits per heavy atom. The maximum atomic E-state index is 5.58. The third-order valence-electron chi connectivity index (χ3n) is 3.88. The van der Waals surface area contributed by atoms with E-state index in [4.69, 9.17) is 14.2 Å². The Morgan fingerprint density at radius 1 is 0.435 bits per heavy atom. The minimum absolute atomic E-state index is 0.683. The second-order valence-electron chi connectivity index (χ2n) is 7.32. The summed E-state index contributed by atoms with van der Waals surface area (Å²) in [6.07, 6.45) is 10.3. The zero-order chi connectivity index (χ0) is 17.2. The van der Waals surface area contributed by atoms with Gasteiger partial charge in [-0.2, -0.15) is 0 Å². The lowest BCUT2D eigenvalue weighted by Gasteiger charge is -2.08. The van der Waals surface area contributed by atoms with Crippen LogP contribution in [0, 0.1) is 11.8 Å². The molecule has 0 aliphatic rings. The van der Waals surface area contributed by atoms with Crippen molar-refractivity contribution in [3.05, 3.63) is 0 Å². The van der Waals surface area contributed by atoms with Gasteiger partial charge in [0.05, 0.1) is 26.4 Å². The lowest BCUT2D eigenvalue weighted by molar-refractivity contribution is 0.0131. The molecule has 0 fully saturated rings. The molecule has 0 unspecified atom stereocenters. The van der Waals surface area contributed by atoms with Crippen LogP contribution in [0.15, 0.2) is 0 Å². The van der Waals surface area contributed by atoms with Gasteiger partial charge < -0.3 is 14.2 Å². The molecule has 0 saturated carbocycles. The summed E-state index contributed by atoms with van der Waals surface area (Å²) in [4.78, 5) is 0. The molecule has 0 aromatic rings. The smallest absolute Gasteiger partial charge is 0.0701 e. The Kier molecular flexibility index (Phi) is 18.1. The average molecular weight is 331 g/mol. The van der Waals surface area contributed by atoms with E-state index in [1.807, 2.05) is 0 Å². The molecule has 0 saturated heterocycles. The van der Waals surface area contributed by atoms with Crippen molar-refractivity contribution in [1.82, 2.24) is 0 Å². The number of rotatable bonds is 18. The quantitative estimate of drug-likeness (QED) is 0.312. The summed E-state index contributed by atoms with van der Waals surface area (Å²) in [5.74, 6) is 1.64. The highest BCUT2D eigenvalue weighted by Crippen LogP contribution is 2.09. The van der Waals surface area contributed by atoms with E-state index < -0.39 is 0 Å². The van der Waals surface area contributed by atoms with Crippen molar-refractivity contribution in [1.29, 1.82) is 0 Å². The van der Waals surface area contributed by atoms with Crippen LogP contribution in [0.3, 0.4) is 0 Å². The summed E-state index contributed by atoms with van der Waals surface area (Å²) in [5.41, 5.74) is 0. The van der Waals surface area contributed by atoms with E-state index in [0.717, 1.165) is 25.0 Å². The van der Waals surface area contributed by atoms with Gasteiger partial charge in [-0.1, -0.05) is 66.2 Å². The van der Waals surface area contributed by atoms with Crippen LogP contribution in [0.5, 0.6) is 0 Å². The summed E-state index contributed by atoms with van der Waals surface area (Å²) in [6, 6.07) is 0. The van der Waals surface area contributed by atoms with Crippen LogP contribution in [0.25, 0.3) is 0 Å². The number of unbranched alkanes of at least 4 members (excludes halogenated alkanes) is 4. The van der Waals surface area contributed by atoms with Gasteiger partial charge in [-0.25, -0.2) is 0 Å². The lowest BCUT2D eigenvalue weighted by atomic mass is 10.0. The first-order chi connectivity index (χ1) is 11.1. The fourth-order valence-corrected chi connectivity index (χ4v) is 2.41. The van der Waals surface area contributed by atoms with E-state index in [2.05, 4.69) is 27.7 Å². The van der Waals surface area contributed by atoms with Crippen LogP contribution in [0.2, 0.25) is 0 Å². The molecule has 23 heavy (non-hydrogen) atoms. The van der Waals surface area contributed by atoms with Crippen LogP contribution >= 0.6 is 0 Å². The summed E-state index contributed by atoms with van der Waals surface area (Å²) in [5, 5.41) is 0. The van der Waals surface area contributed by atoms with Crippen molar-refractivity contribution in [3.8, 4) is 0 Å². The molecule has 0 aliphatic heterocycles. The van der Waals surface area contributed by atoms with Crippen LogP contribution in [0.4, 0.5) is 0 Å². The van der Waals surface area contributed by atoms with Gasteiger partial charge >= 0.3 is 0 Å². The number of ether oxygens (including phenoxy) is 3. The molecule has 0 rings (SSSR count). The Bertz CT molecular complexity index is 195. The van der Waals surface area contributed by atoms with Crippen LogP contribution in [-0.4, -0.2) is 39.6 Å². The fourth-order valence-electron chi connectivity index (χ4n) is 2.41. The molecular formula is C20H42O3. The zero-order valence-corrected chi connectivity index (χ0v) is 16.3. The first kappa shape index (κ1) is 22.9. The van der Waals surface area contributed by atoms with Gasteiger partial charge in [-0.3, -0.25) is 0 Å². The third-order valence-corrected chi connectivity index (χ3v) is 3.88. The van der Waals surface area contributed by atoms with Crippen molar-refractivity contribution >= 4 is 0 Å². The largest absolute Gasteiger partial charge is 0.379 e. The predicted octanol–water partition coefficient (Wildman–Crippen LogP) is 5.47. The second-order valence-corrected chi connectivity index (χ2v) is 7.32. The first-order valence-electron chi connectivity index (χ1n) is 9.86. The summed E-state index contributed by atoms with van der Waals surface area (Å²) < 4.78 is 16.6. The van der Waals surface area contributed by atoms with E-state index in [1.54, 1.807) is 0 Å². The Morgan fingerprint density at radius 3 is 1.26 bits per heavy atom. The van der Waals surface area contributed by atoms with Gasteiger partial charge in [-0.05, 0) is 24.7 Å². The van der Waals surface area contributed by atoms with E-state index in [1.165, 1.54) is 51.4 Å². The second kappa shape index (κ2) is 18.2. The maximum absolute atomic E-state index is 5.58. The molecular weight excluding hydrogens is 288 g/mol. The minimum atomic E-state index is 0.683. The topological polar surface area (TPSA) is 27.7 Å². The van der Waals surface area contributed by atoms with Gasteiger partial charge in [0.25, 0.3) is 0 Å². The van der Waals surface area contributed by atoms with Crippen molar-refractivity contribution in [2.75, 3.05) is 39.6 Å². The maximum Gasteiger partial charge on any atom is 0.0701 e. The van der Waals surface area contributed by atoms with Gasteiger partial charge in [0.15, 0.2) is 0 Å². The molecule has 0 spiro atoms. The molecule has 0 aromatic carbocycles.